The zero-order valence-electron chi connectivity index (χ0n) is 20.1. The maximum Gasteiger partial charge on any atom is 0.416 e. The van der Waals surface area contributed by atoms with Crippen molar-refractivity contribution < 1.29 is 31.5 Å². The highest BCUT2D eigenvalue weighted by atomic mass is 35.5. The van der Waals surface area contributed by atoms with Crippen molar-refractivity contribution in [1.82, 2.24) is 19.8 Å². The summed E-state index contributed by atoms with van der Waals surface area (Å²) in [6, 6.07) is 5.73. The first kappa shape index (κ1) is 27.9. The Balaban J connectivity index is 1.73. The molecule has 2 heterocycles. The monoisotopic (exact) mass is 572 g/mol. The molecule has 1 fully saturated rings. The molecule has 1 saturated heterocycles. The van der Waals surface area contributed by atoms with E-state index in [9.17, 15) is 31.2 Å². The summed E-state index contributed by atoms with van der Waals surface area (Å²) < 4.78 is 68.2. The van der Waals surface area contributed by atoms with Crippen molar-refractivity contribution in [2.24, 2.45) is 0 Å². The van der Waals surface area contributed by atoms with E-state index in [1.54, 1.807) is 4.90 Å². The molecule has 2 N–H and O–H groups in total. The van der Waals surface area contributed by atoms with Gasteiger partial charge in [0.25, 0.3) is 5.56 Å². The lowest BCUT2D eigenvalue weighted by Crippen LogP contribution is -2.36. The van der Waals surface area contributed by atoms with Crippen LogP contribution < -0.4 is 10.9 Å². The molecule has 1 aromatic heterocycles. The van der Waals surface area contributed by atoms with Gasteiger partial charge in [0.1, 0.15) is 0 Å². The molecule has 0 unspecified atom stereocenters. The number of carbonyl (C=O) groups is 1. The Morgan fingerprint density at radius 2 is 1.95 bits per heavy atom. The molecule has 0 aliphatic carbocycles. The number of nitrogens with zero attached hydrogens (tertiary/aromatic N) is 3. The van der Waals surface area contributed by atoms with Gasteiger partial charge in [-0.1, -0.05) is 18.5 Å². The highest BCUT2D eigenvalue weighted by Crippen LogP contribution is 2.35. The van der Waals surface area contributed by atoms with Crippen LogP contribution in [0.25, 0.3) is 10.9 Å². The molecule has 1 amide bonds. The molecule has 1 atom stereocenters. The molecular weight excluding hydrogens is 549 g/mol. The number of benzene rings is 2. The van der Waals surface area contributed by atoms with Crippen molar-refractivity contribution >= 4 is 38.4 Å². The van der Waals surface area contributed by atoms with Gasteiger partial charge in [-0.25, -0.2) is 18.2 Å². The zero-order valence-corrected chi connectivity index (χ0v) is 21.7. The van der Waals surface area contributed by atoms with E-state index in [-0.39, 0.29) is 63.4 Å². The Hall–Kier alpha value is -3.16. The van der Waals surface area contributed by atoms with E-state index in [0.717, 1.165) is 17.0 Å². The van der Waals surface area contributed by atoms with E-state index < -0.39 is 33.2 Å². The van der Waals surface area contributed by atoms with Crippen LogP contribution in [-0.2, 0) is 29.1 Å². The normalized spacial score (nSPS) is 16.7. The first-order valence-corrected chi connectivity index (χ1v) is 13.6. The Labute approximate surface area is 220 Å². The molecule has 1 aliphatic heterocycles. The van der Waals surface area contributed by atoms with Crippen LogP contribution in [0.15, 0.2) is 46.3 Å². The number of fused-ring (bicyclic) bond motifs is 1. The summed E-state index contributed by atoms with van der Waals surface area (Å²) in [5.41, 5.74) is -1.57. The number of hydrogen-bond acceptors (Lipinski definition) is 6. The summed E-state index contributed by atoms with van der Waals surface area (Å²) in [6.07, 6.45) is -4.34. The molecule has 14 heteroatoms. The summed E-state index contributed by atoms with van der Waals surface area (Å²) in [5.74, 6) is -0.186. The third-order valence-electron chi connectivity index (χ3n) is 6.43. The second-order valence-electron chi connectivity index (χ2n) is 9.03. The van der Waals surface area contributed by atoms with Crippen molar-refractivity contribution in [1.29, 1.82) is 0 Å². The Morgan fingerprint density at radius 3 is 2.61 bits per heavy atom. The van der Waals surface area contributed by atoms with Gasteiger partial charge >= 0.3 is 12.3 Å². The Morgan fingerprint density at radius 1 is 1.21 bits per heavy atom. The fraction of sp³-hybridized carbons (Fsp3) is 0.375. The van der Waals surface area contributed by atoms with Gasteiger partial charge in [-0.15, -0.1) is 0 Å². The molecular formula is C24H24ClF3N4O5S. The molecule has 38 heavy (non-hydrogen) atoms. The van der Waals surface area contributed by atoms with E-state index >= 15 is 0 Å². The number of amides is 1. The largest absolute Gasteiger partial charge is 0.465 e. The van der Waals surface area contributed by atoms with E-state index in [1.807, 2.05) is 0 Å². The Kier molecular flexibility index (Phi) is 7.73. The minimum absolute atomic E-state index is 0.0240. The number of rotatable bonds is 7. The molecule has 0 bridgehead atoms. The molecule has 0 saturated carbocycles. The van der Waals surface area contributed by atoms with E-state index in [4.69, 9.17) is 16.7 Å². The van der Waals surface area contributed by atoms with Crippen molar-refractivity contribution in [3.05, 3.63) is 68.7 Å². The van der Waals surface area contributed by atoms with Crippen molar-refractivity contribution in [2.75, 3.05) is 18.8 Å². The predicted octanol–water partition coefficient (Wildman–Crippen LogP) is 3.75. The van der Waals surface area contributed by atoms with Gasteiger partial charge in [0, 0.05) is 30.7 Å². The van der Waals surface area contributed by atoms with Gasteiger partial charge in [0.05, 0.1) is 40.0 Å². The number of likely N-dealkylation sites (tertiary alicyclic amines) is 1. The van der Waals surface area contributed by atoms with Crippen LogP contribution in [-0.4, -0.2) is 59.0 Å². The lowest BCUT2D eigenvalue weighted by molar-refractivity contribution is -0.138. The van der Waals surface area contributed by atoms with Gasteiger partial charge in [0.15, 0.2) is 9.84 Å². The number of nitrogens with one attached hydrogen (secondary N) is 1. The topological polar surface area (TPSA) is 122 Å². The molecule has 0 radical (unpaired) electrons. The van der Waals surface area contributed by atoms with Gasteiger partial charge in [0.2, 0.25) is 0 Å². The van der Waals surface area contributed by atoms with E-state index in [0.29, 0.717) is 13.0 Å². The van der Waals surface area contributed by atoms with Crippen molar-refractivity contribution in [2.45, 2.75) is 43.5 Å². The first-order chi connectivity index (χ1) is 17.8. The van der Waals surface area contributed by atoms with E-state index in [2.05, 4.69) is 10.3 Å². The average Bonchev–Trinajstić information content (AvgIpc) is 3.25. The van der Waals surface area contributed by atoms with Crippen LogP contribution in [0, 0.1) is 0 Å². The molecule has 204 valence electrons. The maximum absolute atomic E-state index is 14.0. The SMILES string of the molecule is CCS(=O)(=O)c1ccc(Cl)cc1Cn1cnc2cc(CN3CC[C@@H](NC(=O)O)C3)c(C(F)(F)F)cc2c1=O. The van der Waals surface area contributed by atoms with Crippen LogP contribution in [0.5, 0.6) is 0 Å². The number of alkyl halides is 3. The molecule has 4 rings (SSSR count). The van der Waals surface area contributed by atoms with Crippen LogP contribution >= 0.6 is 11.6 Å². The van der Waals surface area contributed by atoms with Crippen LogP contribution in [0.3, 0.4) is 0 Å². The fourth-order valence-electron chi connectivity index (χ4n) is 4.58. The summed E-state index contributed by atoms with van der Waals surface area (Å²) in [5, 5.41) is 11.2. The highest BCUT2D eigenvalue weighted by Gasteiger charge is 2.35. The molecule has 3 aromatic rings. The first-order valence-electron chi connectivity index (χ1n) is 11.6. The minimum Gasteiger partial charge on any atom is -0.465 e. The van der Waals surface area contributed by atoms with E-state index in [1.165, 1.54) is 31.2 Å². The van der Waals surface area contributed by atoms with Gasteiger partial charge in [-0.3, -0.25) is 14.3 Å². The summed E-state index contributed by atoms with van der Waals surface area (Å²) >= 11 is 6.04. The third-order valence-corrected chi connectivity index (χ3v) is 8.49. The summed E-state index contributed by atoms with van der Waals surface area (Å²) in [7, 11) is -3.66. The van der Waals surface area contributed by atoms with Crippen LogP contribution in [0.4, 0.5) is 18.0 Å². The maximum atomic E-state index is 14.0. The number of sulfone groups is 1. The summed E-state index contributed by atoms with van der Waals surface area (Å²) in [4.78, 5) is 30.0. The van der Waals surface area contributed by atoms with Crippen LogP contribution in [0.2, 0.25) is 5.02 Å². The average molecular weight is 573 g/mol. The lowest BCUT2D eigenvalue weighted by Gasteiger charge is -2.20. The predicted molar refractivity (Wildman–Crippen MR) is 134 cm³/mol. The third kappa shape index (κ3) is 5.94. The standard InChI is InChI=1S/C24H24ClF3N4O5S/c1-2-38(36,37)21-4-3-16(25)7-15(21)11-32-13-29-20-8-14(10-31-6-5-17(12-31)30-23(34)35)19(24(26,27)28)9-18(20)22(32)33/h3-4,7-9,13,17,30H,2,5-6,10-12H2,1H3,(H,34,35)/t17-/m1/s1. The zero-order chi connectivity index (χ0) is 27.8. The smallest absolute Gasteiger partial charge is 0.416 e. The fourth-order valence-corrected chi connectivity index (χ4v) is 5.88. The van der Waals surface area contributed by atoms with Crippen molar-refractivity contribution in [3.63, 3.8) is 0 Å². The van der Waals surface area contributed by atoms with Gasteiger partial charge in [-0.05, 0) is 47.9 Å². The molecule has 2 aromatic carbocycles. The number of carboxylic acid groups (broad SMARTS) is 1. The number of hydrogen-bond donors (Lipinski definition) is 2. The highest BCUT2D eigenvalue weighted by molar-refractivity contribution is 7.91. The molecule has 9 nitrogen and oxygen atoms in total. The summed E-state index contributed by atoms with van der Waals surface area (Å²) in [6.45, 7) is 1.76. The van der Waals surface area contributed by atoms with Gasteiger partial charge < -0.3 is 10.4 Å². The molecule has 0 spiro atoms. The quantitative estimate of drug-likeness (QED) is 0.442. The lowest BCUT2D eigenvalue weighted by atomic mass is 10.0. The van der Waals surface area contributed by atoms with Gasteiger partial charge in [-0.2, -0.15) is 13.2 Å². The second-order valence-corrected chi connectivity index (χ2v) is 11.7. The number of aromatic nitrogens is 2. The Bertz CT molecular complexity index is 1560. The minimum atomic E-state index is -4.76. The van der Waals surface area contributed by atoms with Crippen LogP contribution in [0.1, 0.15) is 30.0 Å². The second kappa shape index (κ2) is 10.5. The van der Waals surface area contributed by atoms with Crippen molar-refractivity contribution in [3.8, 4) is 0 Å². The molecule has 1 aliphatic rings. The number of halogens is 4.